The van der Waals surface area contributed by atoms with E-state index in [-0.39, 0.29) is 18.9 Å². The van der Waals surface area contributed by atoms with Gasteiger partial charge in [-0.1, -0.05) is 161 Å². The van der Waals surface area contributed by atoms with Crippen molar-refractivity contribution in [1.82, 2.24) is 5.32 Å². The molecular weight excluding hydrogens is 522 g/mol. The van der Waals surface area contributed by atoms with Crippen LogP contribution in [0.1, 0.15) is 194 Å². The van der Waals surface area contributed by atoms with E-state index < -0.39 is 18.2 Å². The number of hydrogen-bond donors (Lipinski definition) is 4. The molecule has 0 rings (SSSR count). The molecule has 0 aliphatic heterocycles. The van der Waals surface area contributed by atoms with Gasteiger partial charge in [0.15, 0.2) is 0 Å². The SMILES string of the molecule is CCCCCCCC/C=C\CCCC(O)CC(=O)NC(CO)C(O)CCCCCCCCCCCCCCCCCC. The van der Waals surface area contributed by atoms with Crippen LogP contribution in [0.2, 0.25) is 0 Å². The summed E-state index contributed by atoms with van der Waals surface area (Å²) in [5.41, 5.74) is 0. The normalized spacial score (nSPS) is 13.9. The number of aliphatic hydroxyl groups is 3. The smallest absolute Gasteiger partial charge is 0.222 e. The summed E-state index contributed by atoms with van der Waals surface area (Å²) in [6, 6.07) is -0.661. The first kappa shape index (κ1) is 41.1. The molecule has 0 fully saturated rings. The van der Waals surface area contributed by atoms with E-state index in [1.165, 1.54) is 128 Å². The molecule has 0 radical (unpaired) electrons. The number of hydrogen-bond acceptors (Lipinski definition) is 4. The van der Waals surface area contributed by atoms with E-state index in [9.17, 15) is 20.1 Å². The van der Waals surface area contributed by atoms with Gasteiger partial charge < -0.3 is 20.6 Å². The van der Waals surface area contributed by atoms with Gasteiger partial charge in [0.2, 0.25) is 5.91 Å². The highest BCUT2D eigenvalue weighted by molar-refractivity contribution is 5.76. The minimum absolute atomic E-state index is 0.0176. The van der Waals surface area contributed by atoms with Crippen molar-refractivity contribution >= 4 is 5.91 Å². The van der Waals surface area contributed by atoms with Gasteiger partial charge in [-0.2, -0.15) is 0 Å². The van der Waals surface area contributed by atoms with Crippen molar-refractivity contribution < 1.29 is 20.1 Å². The Balaban J connectivity index is 3.69. The number of aliphatic hydroxyl groups excluding tert-OH is 3. The number of allylic oxidation sites excluding steroid dienone is 2. The Kier molecular flexibility index (Phi) is 32.3. The molecule has 0 saturated heterocycles. The molecule has 0 aromatic rings. The zero-order valence-electron chi connectivity index (χ0n) is 28.1. The summed E-state index contributed by atoms with van der Waals surface area (Å²) in [6.45, 7) is 4.23. The topological polar surface area (TPSA) is 89.8 Å². The van der Waals surface area contributed by atoms with Crippen LogP contribution in [0.25, 0.3) is 0 Å². The van der Waals surface area contributed by atoms with E-state index >= 15 is 0 Å². The Morgan fingerprint density at radius 1 is 0.571 bits per heavy atom. The van der Waals surface area contributed by atoms with Crippen molar-refractivity contribution in [2.75, 3.05) is 6.61 Å². The molecule has 0 aromatic heterocycles. The van der Waals surface area contributed by atoms with Gasteiger partial charge in [0.1, 0.15) is 0 Å². The van der Waals surface area contributed by atoms with Crippen LogP contribution in [0.4, 0.5) is 0 Å². The van der Waals surface area contributed by atoms with Gasteiger partial charge in [-0.25, -0.2) is 0 Å². The molecule has 3 atom stereocenters. The molecule has 0 spiro atoms. The van der Waals surface area contributed by atoms with Crippen molar-refractivity contribution in [1.29, 1.82) is 0 Å². The Bertz CT molecular complexity index is 582. The first-order chi connectivity index (χ1) is 20.5. The number of carbonyl (C=O) groups is 1. The van der Waals surface area contributed by atoms with E-state index in [0.717, 1.165) is 32.1 Å². The van der Waals surface area contributed by atoms with Gasteiger partial charge in [0.25, 0.3) is 0 Å². The average Bonchev–Trinajstić information content (AvgIpc) is 2.98. The van der Waals surface area contributed by atoms with Crippen LogP contribution in [0.15, 0.2) is 12.2 Å². The van der Waals surface area contributed by atoms with Crippen molar-refractivity contribution in [3.63, 3.8) is 0 Å². The summed E-state index contributed by atoms with van der Waals surface area (Å²) >= 11 is 0. The summed E-state index contributed by atoms with van der Waals surface area (Å²) in [5.74, 6) is -0.300. The number of nitrogens with one attached hydrogen (secondary N) is 1. The van der Waals surface area contributed by atoms with E-state index in [1.54, 1.807) is 0 Å². The first-order valence-corrected chi connectivity index (χ1v) is 18.5. The lowest BCUT2D eigenvalue weighted by Crippen LogP contribution is -2.46. The molecule has 3 unspecified atom stereocenters. The van der Waals surface area contributed by atoms with Gasteiger partial charge in [-0.05, 0) is 38.5 Å². The van der Waals surface area contributed by atoms with Gasteiger partial charge >= 0.3 is 0 Å². The third-order valence-electron chi connectivity index (χ3n) is 8.58. The number of rotatable bonds is 33. The number of unbranched alkanes of at least 4 members (excludes halogenated alkanes) is 22. The molecule has 0 saturated carbocycles. The lowest BCUT2D eigenvalue weighted by Gasteiger charge is -2.23. The van der Waals surface area contributed by atoms with Crippen molar-refractivity contribution in [3.8, 4) is 0 Å². The fourth-order valence-electron chi connectivity index (χ4n) is 5.70. The lowest BCUT2D eigenvalue weighted by molar-refractivity contribution is -0.125. The van der Waals surface area contributed by atoms with Crippen LogP contribution in [0.3, 0.4) is 0 Å². The van der Waals surface area contributed by atoms with E-state index in [0.29, 0.717) is 12.8 Å². The van der Waals surface area contributed by atoms with Crippen molar-refractivity contribution in [3.05, 3.63) is 12.2 Å². The molecule has 1 amide bonds. The summed E-state index contributed by atoms with van der Waals surface area (Å²) in [4.78, 5) is 12.3. The zero-order chi connectivity index (χ0) is 30.9. The van der Waals surface area contributed by atoms with Crippen LogP contribution in [-0.4, -0.2) is 46.1 Å². The second-order valence-electron chi connectivity index (χ2n) is 12.8. The van der Waals surface area contributed by atoms with E-state index in [4.69, 9.17) is 0 Å². The molecule has 0 aromatic carbocycles. The molecule has 5 heteroatoms. The highest BCUT2D eigenvalue weighted by Gasteiger charge is 2.21. The molecule has 42 heavy (non-hydrogen) atoms. The van der Waals surface area contributed by atoms with Gasteiger partial charge in [0, 0.05) is 0 Å². The number of carbonyl (C=O) groups excluding carboxylic acids is 1. The van der Waals surface area contributed by atoms with Crippen LogP contribution >= 0.6 is 0 Å². The standard InChI is InChI=1S/C37H73NO4/c1-3-5-7-9-11-13-15-16-17-18-19-21-23-25-27-29-31-36(41)35(33-39)38-37(42)32-34(40)30-28-26-24-22-20-14-12-10-8-6-4-2/h22,24,34-36,39-41H,3-21,23,25-33H2,1-2H3,(H,38,42)/b24-22-. The maximum atomic E-state index is 12.3. The maximum absolute atomic E-state index is 12.3. The molecule has 4 N–H and O–H groups in total. The van der Waals surface area contributed by atoms with Crippen molar-refractivity contribution in [2.45, 2.75) is 212 Å². The Hall–Kier alpha value is -0.910. The third kappa shape index (κ3) is 29.2. The fraction of sp³-hybridized carbons (Fsp3) is 0.919. The van der Waals surface area contributed by atoms with Crippen LogP contribution in [0, 0.1) is 0 Å². The lowest BCUT2D eigenvalue weighted by atomic mass is 10.0. The summed E-state index contributed by atoms with van der Waals surface area (Å²) in [5, 5.41) is 33.1. The molecular formula is C37H73NO4. The highest BCUT2D eigenvalue weighted by atomic mass is 16.3. The molecule has 250 valence electrons. The van der Waals surface area contributed by atoms with Crippen LogP contribution in [-0.2, 0) is 4.79 Å². The van der Waals surface area contributed by atoms with E-state index in [1.807, 2.05) is 0 Å². The summed E-state index contributed by atoms with van der Waals surface area (Å²) < 4.78 is 0. The number of amides is 1. The monoisotopic (exact) mass is 596 g/mol. The largest absolute Gasteiger partial charge is 0.394 e. The Labute approximate surface area is 261 Å². The van der Waals surface area contributed by atoms with Crippen LogP contribution in [0.5, 0.6) is 0 Å². The second kappa shape index (κ2) is 33.0. The molecule has 0 aliphatic carbocycles. The average molecular weight is 596 g/mol. The predicted octanol–water partition coefficient (Wildman–Crippen LogP) is 9.70. The highest BCUT2D eigenvalue weighted by Crippen LogP contribution is 2.15. The maximum Gasteiger partial charge on any atom is 0.222 e. The third-order valence-corrected chi connectivity index (χ3v) is 8.58. The Morgan fingerprint density at radius 2 is 0.976 bits per heavy atom. The second-order valence-corrected chi connectivity index (χ2v) is 12.8. The fourth-order valence-corrected chi connectivity index (χ4v) is 5.70. The summed E-state index contributed by atoms with van der Waals surface area (Å²) in [6.07, 6.45) is 35.9. The zero-order valence-corrected chi connectivity index (χ0v) is 28.1. The van der Waals surface area contributed by atoms with Crippen molar-refractivity contribution in [2.24, 2.45) is 0 Å². The van der Waals surface area contributed by atoms with E-state index in [2.05, 4.69) is 31.3 Å². The molecule has 5 nitrogen and oxygen atoms in total. The molecule has 0 bridgehead atoms. The quantitative estimate of drug-likeness (QED) is 0.0449. The van der Waals surface area contributed by atoms with Gasteiger partial charge in [-0.3, -0.25) is 4.79 Å². The van der Waals surface area contributed by atoms with Crippen LogP contribution < -0.4 is 5.32 Å². The van der Waals surface area contributed by atoms with Gasteiger partial charge in [0.05, 0.1) is 31.3 Å². The first-order valence-electron chi connectivity index (χ1n) is 18.5. The molecule has 0 heterocycles. The molecule has 0 aliphatic rings. The minimum Gasteiger partial charge on any atom is -0.394 e. The Morgan fingerprint density at radius 3 is 1.43 bits per heavy atom. The minimum atomic E-state index is -0.750. The predicted molar refractivity (Wildman–Crippen MR) is 181 cm³/mol. The summed E-state index contributed by atoms with van der Waals surface area (Å²) in [7, 11) is 0. The van der Waals surface area contributed by atoms with Gasteiger partial charge in [-0.15, -0.1) is 0 Å².